The summed E-state index contributed by atoms with van der Waals surface area (Å²) in [6.45, 7) is 1.41. The van der Waals surface area contributed by atoms with E-state index in [2.05, 4.69) is 0 Å². The van der Waals surface area contributed by atoms with Crippen LogP contribution < -0.4 is 5.73 Å². The van der Waals surface area contributed by atoms with Crippen LogP contribution in [0, 0.1) is 5.92 Å². The highest BCUT2D eigenvalue weighted by molar-refractivity contribution is 7.21. The van der Waals surface area contributed by atoms with Crippen molar-refractivity contribution >= 4 is 44.6 Å². The van der Waals surface area contributed by atoms with Crippen molar-refractivity contribution in [2.75, 3.05) is 25.4 Å². The number of nitrogen functional groups attached to an aromatic ring is 1. The van der Waals surface area contributed by atoms with E-state index in [9.17, 15) is 4.79 Å². The van der Waals surface area contributed by atoms with Crippen molar-refractivity contribution in [3.8, 4) is 0 Å². The van der Waals surface area contributed by atoms with Crippen LogP contribution in [0.15, 0.2) is 18.2 Å². The summed E-state index contributed by atoms with van der Waals surface area (Å²) in [6.07, 6.45) is 0.846. The van der Waals surface area contributed by atoms with Gasteiger partial charge in [-0.25, -0.2) is 0 Å². The van der Waals surface area contributed by atoms with Crippen LogP contribution >= 0.6 is 22.9 Å². The van der Waals surface area contributed by atoms with Gasteiger partial charge in [0.2, 0.25) is 0 Å². The van der Waals surface area contributed by atoms with Crippen LogP contribution in [0.1, 0.15) is 16.1 Å². The van der Waals surface area contributed by atoms with E-state index in [1.807, 2.05) is 12.1 Å². The van der Waals surface area contributed by atoms with Crippen LogP contribution in [0.25, 0.3) is 10.1 Å². The van der Waals surface area contributed by atoms with Gasteiger partial charge in [0.1, 0.15) is 4.88 Å². The summed E-state index contributed by atoms with van der Waals surface area (Å²) >= 11 is 7.35. The first-order valence-corrected chi connectivity index (χ1v) is 7.67. The van der Waals surface area contributed by atoms with E-state index in [1.54, 1.807) is 11.0 Å². The van der Waals surface area contributed by atoms with Crippen LogP contribution in [-0.2, 0) is 0 Å². The molecule has 1 unspecified atom stereocenters. The molecule has 1 aromatic carbocycles. The van der Waals surface area contributed by atoms with Gasteiger partial charge >= 0.3 is 0 Å². The first-order valence-electron chi connectivity index (χ1n) is 6.48. The zero-order valence-corrected chi connectivity index (χ0v) is 12.4. The quantitative estimate of drug-likeness (QED) is 0.896. The second kappa shape index (κ2) is 5.24. The van der Waals surface area contributed by atoms with Gasteiger partial charge in [-0.05, 0) is 24.6 Å². The van der Waals surface area contributed by atoms with Crippen LogP contribution in [0.2, 0.25) is 5.02 Å². The number of carbonyl (C=O) groups excluding carboxylic acids is 1. The number of amides is 1. The SMILES string of the molecule is Nc1c(C(=O)N2CCC(CO)C2)sc2cc(Cl)ccc12. The molecular weight excluding hydrogens is 296 g/mol. The van der Waals surface area contributed by atoms with Crippen molar-refractivity contribution < 1.29 is 9.90 Å². The number of rotatable bonds is 2. The number of nitrogens with zero attached hydrogens (tertiary/aromatic N) is 1. The highest BCUT2D eigenvalue weighted by Crippen LogP contribution is 2.36. The van der Waals surface area contributed by atoms with Gasteiger partial charge in [-0.3, -0.25) is 4.79 Å². The third-order valence-electron chi connectivity index (χ3n) is 3.72. The van der Waals surface area contributed by atoms with E-state index in [0.29, 0.717) is 28.7 Å². The first kappa shape index (κ1) is 13.7. The van der Waals surface area contributed by atoms with E-state index >= 15 is 0 Å². The highest BCUT2D eigenvalue weighted by atomic mass is 35.5. The fraction of sp³-hybridized carbons (Fsp3) is 0.357. The molecule has 6 heteroatoms. The fourth-order valence-corrected chi connectivity index (χ4v) is 3.93. The lowest BCUT2D eigenvalue weighted by Crippen LogP contribution is -2.29. The number of nitrogens with two attached hydrogens (primary N) is 1. The van der Waals surface area contributed by atoms with Gasteiger partial charge in [0.15, 0.2) is 0 Å². The largest absolute Gasteiger partial charge is 0.397 e. The summed E-state index contributed by atoms with van der Waals surface area (Å²) in [4.78, 5) is 14.9. The Morgan fingerprint density at radius 1 is 1.55 bits per heavy atom. The molecule has 0 radical (unpaired) electrons. The maximum absolute atomic E-state index is 12.5. The van der Waals surface area contributed by atoms with Crippen molar-refractivity contribution in [1.29, 1.82) is 0 Å². The number of thiophene rings is 1. The number of likely N-dealkylation sites (tertiary alicyclic amines) is 1. The normalized spacial score (nSPS) is 18.9. The van der Waals surface area contributed by atoms with Crippen LogP contribution in [-0.4, -0.2) is 35.6 Å². The lowest BCUT2D eigenvalue weighted by atomic mass is 10.1. The third kappa shape index (κ3) is 2.26. The number of carbonyl (C=O) groups is 1. The van der Waals surface area contributed by atoms with Crippen molar-refractivity contribution in [3.63, 3.8) is 0 Å². The average molecular weight is 311 g/mol. The smallest absolute Gasteiger partial charge is 0.266 e. The molecule has 20 heavy (non-hydrogen) atoms. The Labute approximate surface area is 125 Å². The summed E-state index contributed by atoms with van der Waals surface area (Å²) < 4.78 is 0.927. The molecule has 1 atom stereocenters. The van der Waals surface area contributed by atoms with E-state index in [4.69, 9.17) is 22.4 Å². The molecule has 3 rings (SSSR count). The zero-order valence-electron chi connectivity index (χ0n) is 10.8. The van der Waals surface area contributed by atoms with E-state index < -0.39 is 0 Å². The topological polar surface area (TPSA) is 66.6 Å². The molecule has 1 amide bonds. The maximum Gasteiger partial charge on any atom is 0.266 e. The summed E-state index contributed by atoms with van der Waals surface area (Å²) in [5, 5.41) is 10.7. The van der Waals surface area contributed by atoms with Crippen LogP contribution in [0.5, 0.6) is 0 Å². The molecular formula is C14H15ClN2O2S. The molecule has 0 bridgehead atoms. The Hall–Kier alpha value is -1.30. The molecule has 1 aromatic heterocycles. The van der Waals surface area contributed by atoms with Gasteiger partial charge < -0.3 is 15.7 Å². The lowest BCUT2D eigenvalue weighted by molar-refractivity contribution is 0.0787. The van der Waals surface area contributed by atoms with E-state index in [-0.39, 0.29) is 18.4 Å². The number of benzene rings is 1. The predicted molar refractivity (Wildman–Crippen MR) is 82.3 cm³/mol. The zero-order chi connectivity index (χ0) is 14.3. The minimum Gasteiger partial charge on any atom is -0.397 e. The Morgan fingerprint density at radius 2 is 2.35 bits per heavy atom. The van der Waals surface area contributed by atoms with Crippen molar-refractivity contribution in [1.82, 2.24) is 4.90 Å². The number of halogens is 1. The molecule has 106 valence electrons. The Morgan fingerprint density at radius 3 is 3.05 bits per heavy atom. The minimum absolute atomic E-state index is 0.0456. The second-order valence-electron chi connectivity index (χ2n) is 5.07. The molecule has 2 aromatic rings. The average Bonchev–Trinajstić information content (AvgIpc) is 3.03. The van der Waals surface area contributed by atoms with Crippen molar-refractivity contribution in [3.05, 3.63) is 28.1 Å². The molecule has 1 fully saturated rings. The number of hydrogen-bond donors (Lipinski definition) is 2. The summed E-state index contributed by atoms with van der Waals surface area (Å²) in [6, 6.07) is 5.45. The number of aliphatic hydroxyl groups excluding tert-OH is 1. The van der Waals surface area contributed by atoms with Gasteiger partial charge in [-0.1, -0.05) is 11.6 Å². The monoisotopic (exact) mass is 310 g/mol. The van der Waals surface area contributed by atoms with Gasteiger partial charge in [0, 0.05) is 40.7 Å². The first-order chi connectivity index (χ1) is 9.60. The van der Waals surface area contributed by atoms with Crippen molar-refractivity contribution in [2.45, 2.75) is 6.42 Å². The summed E-state index contributed by atoms with van der Waals surface area (Å²) in [5.74, 6) is 0.139. The Bertz CT molecular complexity index is 670. The molecule has 0 aliphatic carbocycles. The van der Waals surface area contributed by atoms with E-state index in [0.717, 1.165) is 16.5 Å². The van der Waals surface area contributed by atoms with Gasteiger partial charge in [-0.2, -0.15) is 0 Å². The molecule has 1 aliphatic rings. The Balaban J connectivity index is 1.94. The van der Waals surface area contributed by atoms with Gasteiger partial charge in [-0.15, -0.1) is 11.3 Å². The van der Waals surface area contributed by atoms with E-state index in [1.165, 1.54) is 11.3 Å². The summed E-state index contributed by atoms with van der Waals surface area (Å²) in [5.41, 5.74) is 6.62. The molecule has 0 saturated carbocycles. The van der Waals surface area contributed by atoms with Crippen LogP contribution in [0.4, 0.5) is 5.69 Å². The molecule has 2 heterocycles. The van der Waals surface area contributed by atoms with Gasteiger partial charge in [0.25, 0.3) is 5.91 Å². The number of aliphatic hydroxyl groups is 1. The number of fused-ring (bicyclic) bond motifs is 1. The van der Waals surface area contributed by atoms with Crippen LogP contribution in [0.3, 0.4) is 0 Å². The number of anilines is 1. The van der Waals surface area contributed by atoms with Crippen molar-refractivity contribution in [2.24, 2.45) is 5.92 Å². The molecule has 0 spiro atoms. The summed E-state index contributed by atoms with van der Waals surface area (Å²) in [7, 11) is 0. The number of hydrogen-bond acceptors (Lipinski definition) is 4. The molecule has 4 nitrogen and oxygen atoms in total. The Kier molecular flexibility index (Phi) is 3.58. The highest BCUT2D eigenvalue weighted by Gasteiger charge is 2.29. The third-order valence-corrected chi connectivity index (χ3v) is 5.11. The standard InChI is InChI=1S/C14H15ClN2O2S/c15-9-1-2-10-11(5-9)20-13(12(10)16)14(19)17-4-3-8(6-17)7-18/h1-2,5,8,18H,3-4,6-7,16H2. The molecule has 1 aliphatic heterocycles. The fourth-order valence-electron chi connectivity index (χ4n) is 2.56. The lowest BCUT2D eigenvalue weighted by Gasteiger charge is -2.15. The maximum atomic E-state index is 12.5. The minimum atomic E-state index is -0.0456. The predicted octanol–water partition coefficient (Wildman–Crippen LogP) is 2.59. The molecule has 3 N–H and O–H groups in total. The van der Waals surface area contributed by atoms with Gasteiger partial charge in [0.05, 0.1) is 5.69 Å². The second-order valence-corrected chi connectivity index (χ2v) is 6.56. The molecule has 1 saturated heterocycles.